The minimum Gasteiger partial charge on any atom is -0.508 e. The number of urea groups is 4. The first-order valence-electron chi connectivity index (χ1n) is 40.5. The van der Waals surface area contributed by atoms with E-state index < -0.39 is 33.6 Å². The quantitative estimate of drug-likeness (QED) is 0.0912. The van der Waals surface area contributed by atoms with Crippen molar-refractivity contribution in [2.24, 2.45) is 0 Å². The number of fused-ring (bicyclic) bond motifs is 1. The molecule has 4 saturated carbocycles. The molecule has 12 aromatic carbocycles. The van der Waals surface area contributed by atoms with Gasteiger partial charge in [-0.2, -0.15) is 0 Å². The van der Waals surface area contributed by atoms with Gasteiger partial charge in [-0.15, -0.1) is 0 Å². The molecule has 0 bridgehead atoms. The molecule has 4 heterocycles. The number of hydrogen-bond acceptors (Lipinski definition) is 9. The number of carbonyl (C=O) groups excluding carboxylic acids is 5. The summed E-state index contributed by atoms with van der Waals surface area (Å²) in [6, 6.07) is 85.2. The van der Waals surface area contributed by atoms with Crippen molar-refractivity contribution in [1.82, 2.24) is 0 Å². The van der Waals surface area contributed by atoms with E-state index in [1.54, 1.807) is 203 Å². The first-order valence-corrected chi connectivity index (χ1v) is 44.4. The normalized spacial score (nSPS) is 20.9. The average molecular weight is 1880 g/mol. The Morgan fingerprint density at radius 1 is 0.315 bits per heavy atom. The molecule has 4 atom stereocenters. The Morgan fingerprint density at radius 2 is 0.637 bits per heavy atom. The Morgan fingerprint density at radius 3 is 0.984 bits per heavy atom. The lowest BCUT2D eigenvalue weighted by atomic mass is 9.66. The van der Waals surface area contributed by atoms with Gasteiger partial charge in [0, 0.05) is 95.6 Å². The summed E-state index contributed by atoms with van der Waals surface area (Å²) in [5.74, 6) is 0.0471. The number of amides is 9. The first kappa shape index (κ1) is 87.2. The highest BCUT2D eigenvalue weighted by Gasteiger charge is 2.73. The fourth-order valence-electron chi connectivity index (χ4n) is 18.8. The molecule has 8 fully saturated rings. The monoisotopic (exact) mass is 1870 g/mol. The third-order valence-electron chi connectivity index (χ3n) is 24.9. The van der Waals surface area contributed by atoms with Gasteiger partial charge in [0.1, 0.15) is 28.1 Å². The van der Waals surface area contributed by atoms with Crippen molar-refractivity contribution in [2.45, 2.75) is 131 Å². The second-order valence-electron chi connectivity index (χ2n) is 32.1. The van der Waals surface area contributed by atoms with Crippen LogP contribution in [-0.2, 0) is 21.8 Å². The van der Waals surface area contributed by atoms with Crippen molar-refractivity contribution in [2.75, 3.05) is 39.2 Å². The highest BCUT2D eigenvalue weighted by molar-refractivity contribution is 9.10. The number of phenols is 2. The maximum absolute atomic E-state index is 14.0. The molecule has 26 heteroatoms. The summed E-state index contributed by atoms with van der Waals surface area (Å²) in [5, 5.41) is 49.9. The summed E-state index contributed by atoms with van der Waals surface area (Å²) in [4.78, 5) is 80.9. The largest absolute Gasteiger partial charge is 0.508 e. The fraction of sp³-hybridized carbons (Fsp3) is 0.214. The minimum atomic E-state index is -1.70. The molecule has 20 rings (SSSR count). The van der Waals surface area contributed by atoms with E-state index in [1.165, 1.54) is 26.3 Å². The fourth-order valence-corrected chi connectivity index (χ4v) is 20.4. The van der Waals surface area contributed by atoms with Gasteiger partial charge in [0.05, 0.1) is 17.3 Å². The Labute approximate surface area is 767 Å². The highest BCUT2D eigenvalue weighted by atomic mass is 79.9. The number of nitrogens with zero attached hydrogens (tertiary/aromatic N) is 8. The molecule has 3 spiro atoms. The van der Waals surface area contributed by atoms with Crippen LogP contribution in [0.25, 0.3) is 0 Å². The number of hydrogen-bond donors (Lipinski definition) is 4. The van der Waals surface area contributed by atoms with Crippen LogP contribution in [0, 0.1) is 13.8 Å². The van der Waals surface area contributed by atoms with Crippen molar-refractivity contribution in [1.29, 1.82) is 0 Å². The van der Waals surface area contributed by atoms with Crippen molar-refractivity contribution in [3.05, 3.63) is 364 Å². The van der Waals surface area contributed by atoms with E-state index in [4.69, 9.17) is 92.8 Å². The molecular weight excluding hydrogens is 1800 g/mol. The van der Waals surface area contributed by atoms with E-state index in [1.807, 2.05) is 102 Å². The lowest BCUT2D eigenvalue weighted by Crippen LogP contribution is -2.63. The molecular formula is C98H83BrCl8N8O9. The number of aliphatic hydroxyl groups is 2. The summed E-state index contributed by atoms with van der Waals surface area (Å²) in [6.07, 6.45) is 9.32. The lowest BCUT2D eigenvalue weighted by Gasteiger charge is -2.52. The zero-order chi connectivity index (χ0) is 87.4. The number of anilines is 8. The number of aromatic hydroxyl groups is 2. The number of aryl methyl sites for hydroxylation is 2. The van der Waals surface area contributed by atoms with E-state index >= 15 is 0 Å². The van der Waals surface area contributed by atoms with Gasteiger partial charge in [-0.25, -0.2) is 24.1 Å². The van der Waals surface area contributed by atoms with Crippen molar-refractivity contribution in [3.8, 4) is 11.5 Å². The van der Waals surface area contributed by atoms with E-state index in [2.05, 4.69) is 35.0 Å². The maximum Gasteiger partial charge on any atom is 0.336 e. The van der Waals surface area contributed by atoms with E-state index in [9.17, 15) is 44.4 Å². The summed E-state index contributed by atoms with van der Waals surface area (Å²) in [5.41, 5.74) is 3.45. The molecule has 4 aliphatic carbocycles. The number of carbonyl (C=O) groups is 5. The van der Waals surface area contributed by atoms with Gasteiger partial charge in [-0.05, 0) is 327 Å². The zero-order valence-electron chi connectivity index (χ0n) is 67.1. The molecule has 17 nitrogen and oxygen atoms in total. The van der Waals surface area contributed by atoms with Crippen LogP contribution in [0.5, 0.6) is 11.5 Å². The summed E-state index contributed by atoms with van der Waals surface area (Å²) in [7, 11) is 0. The SMILES string of the molecule is Cc1cccc(Br)c1.Cc1cccc(C2(O)N(c3ccc(Cl)cc3)C(=O)N(c3ccc(Cl)cc3)C23CCC3)c1.O=C1N(c2ccc(Cl)cc2)C(=O)C2(CCC2)N1c1ccc(Cl)cc1.O=C1N(c2ccc(Cl)cc2)C2(CCC2)C(O)(c2cccc(O)c2)N1c1ccc(Cl)cc1.O=C1N(c2ccc(Cl)cc2)C2CCCC2(c2cccc(O)c2)N1c1ccc(Cl)cc1. The van der Waals surface area contributed by atoms with Gasteiger partial charge < -0.3 is 20.4 Å². The molecule has 9 amide bonds. The number of phenolic OH excluding ortho intramolecular Hbond substituents is 2. The van der Waals surface area contributed by atoms with Gasteiger partial charge in [-0.3, -0.25) is 39.1 Å². The van der Waals surface area contributed by atoms with E-state index in [-0.39, 0.29) is 47.6 Å². The Balaban J connectivity index is 0.000000119. The minimum absolute atomic E-state index is 0.0221. The average Bonchev–Trinajstić information content (AvgIpc) is 1.48. The topological polar surface area (TPSA) is 192 Å². The highest BCUT2D eigenvalue weighted by Crippen LogP contribution is 2.62. The van der Waals surface area contributed by atoms with Crippen molar-refractivity contribution >= 4 is 184 Å². The molecule has 4 unspecified atom stereocenters. The predicted molar refractivity (Wildman–Crippen MR) is 501 cm³/mol. The van der Waals surface area contributed by atoms with Gasteiger partial charge in [0.25, 0.3) is 5.91 Å². The molecule has 8 aliphatic rings. The first-order chi connectivity index (χ1) is 59.5. The lowest BCUT2D eigenvalue weighted by molar-refractivity contribution is -0.123. The predicted octanol–water partition coefficient (Wildman–Crippen LogP) is 26.7. The van der Waals surface area contributed by atoms with Crippen LogP contribution in [0.1, 0.15) is 105 Å². The standard InChI is InChI=1S/C25H22Cl2N2O2.C24H20Cl2N2O3.C24H20Cl2N2O2.C18H14Cl2N2O2.C7H7Br/c1-17-4-2-5-18(16-17)25(31)24(14-3-15-24)28(21-10-6-19(26)7-11-21)23(30)29(25)22-12-8-20(27)9-13-22;25-17-5-9-19(10-6-17)27-22(30)28(20-11-7-18(26)8-12-20)24(31,23(27)13-2-14-23)16-3-1-4-21(29)15-16;25-17-6-10-19(11-7-17)27-22-5-2-14-24(22,16-3-1-4-21(29)15-16)28(23(27)30)20-12-8-18(26)9-13-20;19-12-2-6-14(7-3-12)21-16(23)18(10-1-11-18)22(17(21)24)15-8-4-13(20)5-9-15;1-6-3-2-4-7(8)5-6/h2,4-13,16,31H,3,14-15H2,1H3;1,3-12,15,29,31H,2,13-14H2;1,3-4,6-13,15,22,29H,2,5,14H2;2-9H,1,10-11H2;2-5H,1H3. The number of rotatable bonds is 11. The van der Waals surface area contributed by atoms with Gasteiger partial charge >= 0.3 is 24.1 Å². The molecule has 4 aliphatic heterocycles. The third kappa shape index (κ3) is 15.6. The molecule has 0 aromatic heterocycles. The van der Waals surface area contributed by atoms with E-state index in [0.717, 1.165) is 71.2 Å². The van der Waals surface area contributed by atoms with Crippen molar-refractivity contribution < 1.29 is 44.4 Å². The molecule has 4 saturated heterocycles. The Kier molecular flexibility index (Phi) is 24.8. The molecule has 12 aromatic rings. The van der Waals surface area contributed by atoms with Gasteiger partial charge in [0.15, 0.2) is 11.4 Å². The van der Waals surface area contributed by atoms with Gasteiger partial charge in [0.2, 0.25) is 0 Å². The van der Waals surface area contributed by atoms with Crippen LogP contribution in [0.4, 0.5) is 64.7 Å². The van der Waals surface area contributed by atoms with Gasteiger partial charge in [-0.1, -0.05) is 181 Å². The van der Waals surface area contributed by atoms with E-state index in [0.29, 0.717) is 118 Å². The summed E-state index contributed by atoms with van der Waals surface area (Å²) < 4.78 is 1.15. The molecule has 124 heavy (non-hydrogen) atoms. The zero-order valence-corrected chi connectivity index (χ0v) is 74.7. The Hall–Kier alpha value is -10.3. The number of benzene rings is 12. The second-order valence-corrected chi connectivity index (χ2v) is 36.5. The van der Waals surface area contributed by atoms with Crippen LogP contribution in [0.3, 0.4) is 0 Å². The number of halogens is 9. The second kappa shape index (κ2) is 35.3. The van der Waals surface area contributed by atoms with Crippen molar-refractivity contribution in [3.63, 3.8) is 0 Å². The third-order valence-corrected chi connectivity index (χ3v) is 27.4. The van der Waals surface area contributed by atoms with Crippen LogP contribution in [0.15, 0.2) is 296 Å². The molecule has 632 valence electrons. The van der Waals surface area contributed by atoms with Crippen LogP contribution in [-0.4, -0.2) is 73.1 Å². The van der Waals surface area contributed by atoms with Crippen LogP contribution >= 0.6 is 109 Å². The Bertz CT molecular complexity index is 5800. The summed E-state index contributed by atoms with van der Waals surface area (Å²) in [6.45, 7) is 4.06. The van der Waals surface area contributed by atoms with Crippen LogP contribution in [0.2, 0.25) is 40.2 Å². The molecule has 4 N–H and O–H groups in total. The summed E-state index contributed by atoms with van der Waals surface area (Å²) >= 11 is 51.8. The number of imide groups is 1. The smallest absolute Gasteiger partial charge is 0.336 e. The maximum atomic E-state index is 14.0. The molecule has 0 radical (unpaired) electrons. The van der Waals surface area contributed by atoms with Crippen LogP contribution < -0.4 is 39.2 Å².